The van der Waals surface area contributed by atoms with E-state index in [0.717, 1.165) is 5.56 Å². The molecule has 2 rings (SSSR count). The zero-order valence-electron chi connectivity index (χ0n) is 17.3. The van der Waals surface area contributed by atoms with Crippen molar-refractivity contribution in [2.24, 2.45) is 0 Å². The molecular formula is C22H23N5O4. The smallest absolute Gasteiger partial charge is 0.407 e. The van der Waals surface area contributed by atoms with E-state index in [1.54, 1.807) is 30.3 Å². The van der Waals surface area contributed by atoms with Crippen LogP contribution in [-0.4, -0.2) is 31.9 Å². The van der Waals surface area contributed by atoms with E-state index in [-0.39, 0.29) is 19.1 Å². The number of nitrogens with one attached hydrogen (secondary N) is 3. The number of hydrogen-bond donors (Lipinski definition) is 3. The van der Waals surface area contributed by atoms with Crippen molar-refractivity contribution in [2.45, 2.75) is 25.8 Å². The summed E-state index contributed by atoms with van der Waals surface area (Å²) in [5.41, 5.74) is 2.25. The first kappa shape index (κ1) is 23.0. The lowest BCUT2D eigenvalue weighted by Crippen LogP contribution is -2.35. The van der Waals surface area contributed by atoms with Crippen LogP contribution in [-0.2, 0) is 11.2 Å². The summed E-state index contributed by atoms with van der Waals surface area (Å²) < 4.78 is 10.1. The van der Waals surface area contributed by atoms with Gasteiger partial charge in [-0.15, -0.1) is 0 Å². The van der Waals surface area contributed by atoms with Crippen LogP contribution in [0.2, 0.25) is 0 Å². The molecule has 0 aromatic heterocycles. The fraction of sp³-hybridized carbons (Fsp3) is 0.273. The quantitative estimate of drug-likeness (QED) is 0.555. The third kappa shape index (κ3) is 7.26. The largest absolute Gasteiger partial charge is 0.495 e. The number of amides is 3. The highest BCUT2D eigenvalue weighted by Crippen LogP contribution is 2.23. The molecular weight excluding hydrogens is 398 g/mol. The van der Waals surface area contributed by atoms with E-state index >= 15 is 0 Å². The van der Waals surface area contributed by atoms with Gasteiger partial charge in [0.1, 0.15) is 18.4 Å². The molecule has 0 fully saturated rings. The van der Waals surface area contributed by atoms with Gasteiger partial charge in [-0.2, -0.15) is 10.5 Å². The van der Waals surface area contributed by atoms with Crippen molar-refractivity contribution in [2.75, 3.05) is 24.4 Å². The van der Waals surface area contributed by atoms with Gasteiger partial charge in [0.2, 0.25) is 0 Å². The number of nitriles is 2. The van der Waals surface area contributed by atoms with Crippen LogP contribution >= 0.6 is 0 Å². The second-order valence-corrected chi connectivity index (χ2v) is 6.56. The van der Waals surface area contributed by atoms with Gasteiger partial charge in [-0.25, -0.2) is 9.59 Å². The van der Waals surface area contributed by atoms with Gasteiger partial charge in [-0.1, -0.05) is 18.2 Å². The first-order valence-electron chi connectivity index (χ1n) is 9.51. The van der Waals surface area contributed by atoms with Gasteiger partial charge in [0.05, 0.1) is 25.2 Å². The highest BCUT2D eigenvalue weighted by molar-refractivity contribution is 6.00. The molecule has 2 aromatic carbocycles. The van der Waals surface area contributed by atoms with Crippen LogP contribution in [0.4, 0.5) is 21.0 Å². The van der Waals surface area contributed by atoms with Crippen molar-refractivity contribution in [1.29, 1.82) is 10.5 Å². The van der Waals surface area contributed by atoms with E-state index in [0.29, 0.717) is 29.1 Å². The maximum atomic E-state index is 12.5. The molecule has 0 saturated carbocycles. The van der Waals surface area contributed by atoms with E-state index in [1.165, 1.54) is 7.11 Å². The van der Waals surface area contributed by atoms with Crippen molar-refractivity contribution in [3.63, 3.8) is 0 Å². The summed E-state index contributed by atoms with van der Waals surface area (Å²) in [7, 11) is 1.45. The Morgan fingerprint density at radius 2 is 1.90 bits per heavy atom. The number of urea groups is 1. The Balaban J connectivity index is 1.99. The summed E-state index contributed by atoms with van der Waals surface area (Å²) in [5.74, 6) is 0.363. The minimum atomic E-state index is -0.597. The summed E-state index contributed by atoms with van der Waals surface area (Å²) in [6.45, 7) is 1.85. The number of alkyl carbamates (subject to hydrolysis) is 1. The van der Waals surface area contributed by atoms with Crippen LogP contribution in [0.25, 0.3) is 0 Å². The van der Waals surface area contributed by atoms with Crippen LogP contribution in [0, 0.1) is 22.7 Å². The maximum absolute atomic E-state index is 12.5. The number of ether oxygens (including phenoxy) is 2. The molecule has 0 unspecified atom stereocenters. The Morgan fingerprint density at radius 3 is 2.61 bits per heavy atom. The van der Waals surface area contributed by atoms with Gasteiger partial charge in [-0.3, -0.25) is 0 Å². The van der Waals surface area contributed by atoms with E-state index in [9.17, 15) is 9.59 Å². The number of anilines is 2. The van der Waals surface area contributed by atoms with Crippen LogP contribution in [0.1, 0.15) is 24.5 Å². The molecule has 3 amide bonds. The Hall–Kier alpha value is -4.24. The van der Waals surface area contributed by atoms with Crippen LogP contribution < -0.4 is 20.7 Å². The molecule has 0 radical (unpaired) electrons. The number of methoxy groups -OCH3 is 1. The molecule has 9 heteroatoms. The van der Waals surface area contributed by atoms with Crippen molar-refractivity contribution >= 4 is 23.5 Å². The molecule has 160 valence electrons. The number of nitrogens with zero attached hydrogens (tertiary/aromatic N) is 2. The number of rotatable bonds is 8. The molecule has 3 N–H and O–H groups in total. The van der Waals surface area contributed by atoms with Crippen LogP contribution in [0.5, 0.6) is 5.75 Å². The highest BCUT2D eigenvalue weighted by Gasteiger charge is 2.13. The molecule has 2 aromatic rings. The fourth-order valence-corrected chi connectivity index (χ4v) is 2.78. The van der Waals surface area contributed by atoms with E-state index in [4.69, 9.17) is 20.0 Å². The SMILES string of the molecule is COc1cc(NC(=O)Nc2ccccc2C[C@@H](C)NC(=O)OCCC#N)ccc1C#N. The third-order valence-corrected chi connectivity index (χ3v) is 4.18. The summed E-state index contributed by atoms with van der Waals surface area (Å²) in [6, 6.07) is 15.1. The minimum Gasteiger partial charge on any atom is -0.495 e. The fourth-order valence-electron chi connectivity index (χ4n) is 2.78. The van der Waals surface area contributed by atoms with Crippen molar-refractivity contribution in [3.8, 4) is 17.9 Å². The Morgan fingerprint density at radius 1 is 1.13 bits per heavy atom. The average molecular weight is 421 g/mol. The van der Waals surface area contributed by atoms with E-state index < -0.39 is 12.1 Å². The Bertz CT molecular complexity index is 1010. The number of carbonyl (C=O) groups is 2. The zero-order chi connectivity index (χ0) is 22.6. The van der Waals surface area contributed by atoms with Gasteiger partial charge < -0.3 is 25.4 Å². The molecule has 0 bridgehead atoms. The normalized spacial score (nSPS) is 10.7. The van der Waals surface area contributed by atoms with Gasteiger partial charge in [0, 0.05) is 23.5 Å². The Kier molecular flexibility index (Phi) is 8.69. The maximum Gasteiger partial charge on any atom is 0.407 e. The number of para-hydroxylation sites is 1. The second kappa shape index (κ2) is 11.7. The van der Waals surface area contributed by atoms with Crippen molar-refractivity contribution < 1.29 is 19.1 Å². The number of carbonyl (C=O) groups excluding carboxylic acids is 2. The molecule has 0 aliphatic rings. The molecule has 0 aliphatic carbocycles. The zero-order valence-corrected chi connectivity index (χ0v) is 17.3. The summed E-state index contributed by atoms with van der Waals surface area (Å²) in [5, 5.41) is 25.7. The first-order chi connectivity index (χ1) is 15.0. The number of benzene rings is 2. The van der Waals surface area contributed by atoms with Crippen molar-refractivity contribution in [1.82, 2.24) is 5.32 Å². The lowest BCUT2D eigenvalue weighted by Gasteiger charge is -2.17. The summed E-state index contributed by atoms with van der Waals surface area (Å²) >= 11 is 0. The first-order valence-corrected chi connectivity index (χ1v) is 9.51. The summed E-state index contributed by atoms with van der Waals surface area (Å²) in [6.07, 6.45) is -0.01000. The molecule has 0 saturated heterocycles. The second-order valence-electron chi connectivity index (χ2n) is 6.56. The van der Waals surface area contributed by atoms with Gasteiger partial charge in [-0.05, 0) is 37.1 Å². The predicted octanol–water partition coefficient (Wildman–Crippen LogP) is 3.78. The predicted molar refractivity (Wildman–Crippen MR) is 115 cm³/mol. The number of hydrogen-bond acceptors (Lipinski definition) is 6. The summed E-state index contributed by atoms with van der Waals surface area (Å²) in [4.78, 5) is 24.2. The lowest BCUT2D eigenvalue weighted by atomic mass is 10.1. The van der Waals surface area contributed by atoms with Gasteiger partial charge in [0.15, 0.2) is 0 Å². The van der Waals surface area contributed by atoms with Gasteiger partial charge in [0.25, 0.3) is 0 Å². The van der Waals surface area contributed by atoms with E-state index in [2.05, 4.69) is 16.0 Å². The lowest BCUT2D eigenvalue weighted by molar-refractivity contribution is 0.145. The van der Waals surface area contributed by atoms with Crippen LogP contribution in [0.15, 0.2) is 42.5 Å². The standard InChI is InChI=1S/C22H23N5O4/c1-15(25-22(29)31-11-5-10-23)12-16-6-3-4-7-19(16)27-21(28)26-18-9-8-17(14-24)20(13-18)30-2/h3-4,6-9,13,15H,5,11-12H2,1-2H3,(H,25,29)(H2,26,27,28)/t15-/m1/s1. The molecule has 1 atom stereocenters. The van der Waals surface area contributed by atoms with E-state index in [1.807, 2.05) is 31.2 Å². The monoisotopic (exact) mass is 421 g/mol. The topological polar surface area (TPSA) is 136 Å². The highest BCUT2D eigenvalue weighted by atomic mass is 16.5. The third-order valence-electron chi connectivity index (χ3n) is 4.18. The van der Waals surface area contributed by atoms with Gasteiger partial charge >= 0.3 is 12.1 Å². The van der Waals surface area contributed by atoms with Crippen LogP contribution in [0.3, 0.4) is 0 Å². The molecule has 0 heterocycles. The van der Waals surface area contributed by atoms with Crippen molar-refractivity contribution in [3.05, 3.63) is 53.6 Å². The average Bonchev–Trinajstić information content (AvgIpc) is 2.75. The molecule has 9 nitrogen and oxygen atoms in total. The Labute approximate surface area is 180 Å². The minimum absolute atomic E-state index is 0.0352. The molecule has 0 spiro atoms. The molecule has 31 heavy (non-hydrogen) atoms. The molecule has 0 aliphatic heterocycles.